The van der Waals surface area contributed by atoms with E-state index in [2.05, 4.69) is 15.3 Å². The Hall–Kier alpha value is -3.61. The zero-order chi connectivity index (χ0) is 21.9. The number of hydrogen-bond donors (Lipinski definition) is 5. The smallest absolute Gasteiger partial charge is 0.267 e. The molecule has 0 atom stereocenters. The molecule has 156 valence electrons. The summed E-state index contributed by atoms with van der Waals surface area (Å²) in [5.74, 6) is 5.16. The van der Waals surface area contributed by atoms with Gasteiger partial charge in [0.05, 0.1) is 11.4 Å². The molecule has 2 aromatic heterocycles. The minimum Gasteiger partial charge on any atom is -0.383 e. The number of nitrogens with zero attached hydrogens (tertiary/aromatic N) is 3. The van der Waals surface area contributed by atoms with Gasteiger partial charge in [0, 0.05) is 25.0 Å². The first-order valence-corrected chi connectivity index (χ1v) is 10.2. The monoisotopic (exact) mass is 428 g/mol. The summed E-state index contributed by atoms with van der Waals surface area (Å²) in [6.07, 6.45) is 3.15. The average molecular weight is 428 g/mol. The van der Waals surface area contributed by atoms with Crippen LogP contribution in [0.5, 0.6) is 0 Å². The highest BCUT2D eigenvalue weighted by atomic mass is 32.2. The van der Waals surface area contributed by atoms with E-state index < -0.39 is 21.4 Å². The first-order chi connectivity index (χ1) is 14.3. The second kappa shape index (κ2) is 8.41. The molecule has 0 saturated heterocycles. The van der Waals surface area contributed by atoms with Gasteiger partial charge < -0.3 is 11.1 Å². The molecule has 3 rings (SSSR count). The van der Waals surface area contributed by atoms with Crippen LogP contribution in [0, 0.1) is 5.41 Å². The summed E-state index contributed by atoms with van der Waals surface area (Å²) in [6.45, 7) is 0.0736. The SMILES string of the molecule is CNc1nc(-c2ccncc2)n(Cc2ccc(S(=O)(=O)NN)cc2)c(=O)c1C(=N)N. The molecule has 0 aliphatic heterocycles. The lowest BCUT2D eigenvalue weighted by atomic mass is 10.1. The summed E-state index contributed by atoms with van der Waals surface area (Å²) in [4.78, 5) is 23.4. The van der Waals surface area contributed by atoms with Crippen molar-refractivity contribution < 1.29 is 8.42 Å². The van der Waals surface area contributed by atoms with Crippen molar-refractivity contribution in [1.29, 1.82) is 5.41 Å². The zero-order valence-electron chi connectivity index (χ0n) is 16.0. The van der Waals surface area contributed by atoms with E-state index in [1.807, 2.05) is 0 Å². The molecular formula is C18H20N8O3S. The molecule has 0 aliphatic rings. The van der Waals surface area contributed by atoms with Gasteiger partial charge in [0.25, 0.3) is 15.6 Å². The number of nitrogen functional groups attached to an aromatic ring is 1. The molecule has 0 unspecified atom stereocenters. The van der Waals surface area contributed by atoms with Crippen LogP contribution in [0.1, 0.15) is 11.1 Å². The van der Waals surface area contributed by atoms with Crippen LogP contribution in [0.4, 0.5) is 5.82 Å². The summed E-state index contributed by atoms with van der Waals surface area (Å²) >= 11 is 0. The van der Waals surface area contributed by atoms with Crippen molar-refractivity contribution in [3.05, 3.63) is 70.3 Å². The number of nitrogens with two attached hydrogens (primary N) is 2. The Balaban J connectivity index is 2.16. The number of amidine groups is 1. The van der Waals surface area contributed by atoms with Gasteiger partial charge in [-0.15, -0.1) is 0 Å². The Morgan fingerprint density at radius 2 is 1.80 bits per heavy atom. The van der Waals surface area contributed by atoms with Gasteiger partial charge in [-0.1, -0.05) is 12.1 Å². The third-order valence-corrected chi connectivity index (χ3v) is 5.55. The van der Waals surface area contributed by atoms with E-state index in [4.69, 9.17) is 17.0 Å². The molecule has 12 heteroatoms. The van der Waals surface area contributed by atoms with Gasteiger partial charge in [-0.3, -0.25) is 25.6 Å². The lowest BCUT2D eigenvalue weighted by molar-refractivity contribution is 0.584. The average Bonchev–Trinajstić information content (AvgIpc) is 2.75. The van der Waals surface area contributed by atoms with Crippen LogP contribution in [0.2, 0.25) is 0 Å². The molecule has 0 fully saturated rings. The molecule has 0 saturated carbocycles. The number of hydrogen-bond acceptors (Lipinski definition) is 8. The van der Waals surface area contributed by atoms with E-state index in [0.717, 1.165) is 0 Å². The summed E-state index contributed by atoms with van der Waals surface area (Å²) in [6, 6.07) is 9.28. The second-order valence-electron chi connectivity index (χ2n) is 6.22. The van der Waals surface area contributed by atoms with Gasteiger partial charge in [0.2, 0.25) is 0 Å². The molecule has 30 heavy (non-hydrogen) atoms. The third kappa shape index (κ3) is 4.05. The fourth-order valence-electron chi connectivity index (χ4n) is 2.87. The Labute approximate surface area is 172 Å². The van der Waals surface area contributed by atoms with E-state index in [9.17, 15) is 13.2 Å². The van der Waals surface area contributed by atoms with Gasteiger partial charge in [0.15, 0.2) is 0 Å². The van der Waals surface area contributed by atoms with E-state index in [0.29, 0.717) is 17.0 Å². The van der Waals surface area contributed by atoms with E-state index >= 15 is 0 Å². The molecule has 0 bridgehead atoms. The third-order valence-electron chi connectivity index (χ3n) is 4.34. The number of benzene rings is 1. The standard InChI is InChI=1S/C18H20N8O3S/c1-22-16-14(15(19)20)18(27)26(17(24-16)12-6-8-23-9-7-12)10-11-2-4-13(5-3-11)30(28,29)25-21/h2-9,22,25H,10,21H2,1H3,(H3,19,20). The molecule has 2 heterocycles. The second-order valence-corrected chi connectivity index (χ2v) is 7.93. The number of aromatic nitrogens is 3. The number of sulfonamides is 1. The van der Waals surface area contributed by atoms with Crippen molar-refractivity contribution in [3.63, 3.8) is 0 Å². The highest BCUT2D eigenvalue weighted by Crippen LogP contribution is 2.20. The van der Waals surface area contributed by atoms with Gasteiger partial charge in [-0.25, -0.2) is 13.4 Å². The number of rotatable bonds is 7. The lowest BCUT2D eigenvalue weighted by Crippen LogP contribution is -2.33. The summed E-state index contributed by atoms with van der Waals surface area (Å²) in [5, 5.41) is 10.6. The largest absolute Gasteiger partial charge is 0.383 e. The number of hydrazine groups is 1. The molecule has 0 amide bonds. The summed E-state index contributed by atoms with van der Waals surface area (Å²) in [7, 11) is -2.20. The number of nitrogens with one attached hydrogen (secondary N) is 3. The molecule has 0 spiro atoms. The van der Waals surface area contributed by atoms with Crippen LogP contribution < -0.4 is 27.3 Å². The zero-order valence-corrected chi connectivity index (χ0v) is 16.8. The van der Waals surface area contributed by atoms with Crippen LogP contribution in [-0.4, -0.2) is 35.8 Å². The first kappa shape index (κ1) is 21.1. The minimum absolute atomic E-state index is 0.0106. The normalized spacial score (nSPS) is 11.3. The van der Waals surface area contributed by atoms with Crippen molar-refractivity contribution >= 4 is 21.7 Å². The van der Waals surface area contributed by atoms with Gasteiger partial charge in [0.1, 0.15) is 23.0 Å². The molecular weight excluding hydrogens is 408 g/mol. The molecule has 0 radical (unpaired) electrons. The molecule has 11 nitrogen and oxygen atoms in total. The Bertz CT molecular complexity index is 1240. The van der Waals surface area contributed by atoms with E-state index in [-0.39, 0.29) is 22.8 Å². The Morgan fingerprint density at radius 1 is 1.17 bits per heavy atom. The van der Waals surface area contributed by atoms with Crippen molar-refractivity contribution in [2.75, 3.05) is 12.4 Å². The number of pyridine rings is 1. The van der Waals surface area contributed by atoms with Crippen molar-refractivity contribution in [2.24, 2.45) is 11.6 Å². The number of anilines is 1. The highest BCUT2D eigenvalue weighted by molar-refractivity contribution is 7.89. The lowest BCUT2D eigenvalue weighted by Gasteiger charge is -2.17. The van der Waals surface area contributed by atoms with Crippen LogP contribution in [0.15, 0.2) is 58.5 Å². The fraction of sp³-hybridized carbons (Fsp3) is 0.111. The topological polar surface area (TPSA) is 182 Å². The molecule has 7 N–H and O–H groups in total. The Kier molecular flexibility index (Phi) is 5.91. The quantitative estimate of drug-likeness (QED) is 0.149. The van der Waals surface area contributed by atoms with E-state index in [1.54, 1.807) is 48.5 Å². The maximum absolute atomic E-state index is 13.2. The van der Waals surface area contributed by atoms with Crippen molar-refractivity contribution in [1.82, 2.24) is 19.4 Å². The Morgan fingerprint density at radius 3 is 2.33 bits per heavy atom. The van der Waals surface area contributed by atoms with Gasteiger partial charge in [-0.2, -0.15) is 4.83 Å². The van der Waals surface area contributed by atoms with Crippen molar-refractivity contribution in [3.8, 4) is 11.4 Å². The summed E-state index contributed by atoms with van der Waals surface area (Å²) in [5.41, 5.74) is 6.34. The summed E-state index contributed by atoms with van der Waals surface area (Å²) < 4.78 is 25.0. The maximum atomic E-state index is 13.2. The van der Waals surface area contributed by atoms with Crippen LogP contribution >= 0.6 is 0 Å². The minimum atomic E-state index is -3.79. The van der Waals surface area contributed by atoms with E-state index in [1.165, 1.54) is 16.7 Å². The molecule has 0 aliphatic carbocycles. The fourth-order valence-corrected chi connectivity index (χ4v) is 3.50. The van der Waals surface area contributed by atoms with Crippen molar-refractivity contribution in [2.45, 2.75) is 11.4 Å². The van der Waals surface area contributed by atoms with Crippen LogP contribution in [-0.2, 0) is 16.6 Å². The highest BCUT2D eigenvalue weighted by Gasteiger charge is 2.20. The van der Waals surface area contributed by atoms with Crippen LogP contribution in [0.3, 0.4) is 0 Å². The van der Waals surface area contributed by atoms with Gasteiger partial charge >= 0.3 is 0 Å². The predicted molar refractivity (Wildman–Crippen MR) is 112 cm³/mol. The first-order valence-electron chi connectivity index (χ1n) is 8.67. The predicted octanol–water partition coefficient (Wildman–Crippen LogP) is -0.169. The van der Waals surface area contributed by atoms with Crippen LogP contribution in [0.25, 0.3) is 11.4 Å². The van der Waals surface area contributed by atoms with Gasteiger partial charge in [-0.05, 0) is 29.8 Å². The maximum Gasteiger partial charge on any atom is 0.267 e. The molecule has 1 aromatic carbocycles. The molecule has 3 aromatic rings.